The molecule has 1 amide bonds. The second-order valence-corrected chi connectivity index (χ2v) is 14.3. The number of nitrogens with one attached hydrogen (secondary N) is 1. The highest BCUT2D eigenvalue weighted by Gasteiger charge is 2.14. The molecular weight excluding hydrogens is 856 g/mol. The van der Waals surface area contributed by atoms with Crippen LogP contribution in [0.25, 0.3) is 22.5 Å². The van der Waals surface area contributed by atoms with Gasteiger partial charge < -0.3 is 35.4 Å². The van der Waals surface area contributed by atoms with Crippen LogP contribution in [0.3, 0.4) is 0 Å². The summed E-state index contributed by atoms with van der Waals surface area (Å²) in [6.45, 7) is 6.89. The molecule has 0 aliphatic carbocycles. The normalized spacial score (nSPS) is 12.6. The zero-order chi connectivity index (χ0) is 44.2. The van der Waals surface area contributed by atoms with E-state index in [1.54, 1.807) is 54.9 Å². The van der Waals surface area contributed by atoms with Crippen LogP contribution in [0, 0.1) is 22.7 Å². The number of hydrogen-bond donors (Lipinski definition) is 3. The molecule has 0 saturated carbocycles. The Bertz CT molecular complexity index is 2480. The standard InChI is InChI=1S/C24H23N5O2.C22H21N3O3.C2H4N2.2CH4.ClH/c25-10-12-27-24(30)20-5-3-19(4-6-20)22-9-11-26-23(28-22)17-18-1-7-21(8-2-18)29-13-15-31-16-14-29;26-22(27)18-5-3-17(4-6-18)20-9-10-23-21(24-20)15-16-1-7-19(8-2-16)25-11-13-28-14-12-25;3-1-2-4;;;/h1-9,11H,12-17H2,(H,27,30);1-10H,11-15H2,(H,26,27);1,3H2;2*1H4;1H. The lowest BCUT2D eigenvalue weighted by molar-refractivity contribution is 0.0696. The minimum absolute atomic E-state index is 0. The largest absolute Gasteiger partial charge is 0.478 e. The second-order valence-electron chi connectivity index (χ2n) is 14.3. The molecule has 2 saturated heterocycles. The maximum Gasteiger partial charge on any atom is 0.335 e. The van der Waals surface area contributed by atoms with Crippen LogP contribution < -0.4 is 20.9 Å². The molecule has 4 aromatic carbocycles. The maximum atomic E-state index is 11.9. The summed E-state index contributed by atoms with van der Waals surface area (Å²) in [6.07, 6.45) is 4.79. The minimum Gasteiger partial charge on any atom is -0.478 e. The average molecular weight is 914 g/mol. The molecule has 0 atom stereocenters. The summed E-state index contributed by atoms with van der Waals surface area (Å²) >= 11 is 0. The molecule has 0 bridgehead atoms. The van der Waals surface area contributed by atoms with E-state index in [-0.39, 0.29) is 51.8 Å². The SMILES string of the molecule is C.C.Cl.N#CCN.N#CCNC(=O)c1ccc(-c2ccnc(Cc3ccc(N4CCOCC4)cc3)n2)cc1.O=C(O)c1ccc(-c2ccnc(Cc3ccc(N4CCOCC4)cc3)n2)cc1. The summed E-state index contributed by atoms with van der Waals surface area (Å²) in [5.74, 6) is 0.277. The van der Waals surface area contributed by atoms with Crippen LogP contribution >= 0.6 is 12.4 Å². The molecule has 2 aliphatic rings. The molecule has 4 heterocycles. The number of nitriles is 2. The van der Waals surface area contributed by atoms with Gasteiger partial charge in [0.1, 0.15) is 18.2 Å². The van der Waals surface area contributed by atoms with Gasteiger partial charge in [-0.05, 0) is 71.8 Å². The summed E-state index contributed by atoms with van der Waals surface area (Å²) < 4.78 is 10.8. The molecule has 4 N–H and O–H groups in total. The van der Waals surface area contributed by atoms with Crippen molar-refractivity contribution in [2.75, 3.05) is 75.5 Å². The van der Waals surface area contributed by atoms with E-state index in [1.165, 1.54) is 11.4 Å². The summed E-state index contributed by atoms with van der Waals surface area (Å²) in [6, 6.07) is 38.2. The molecule has 0 radical (unpaired) electrons. The Morgan fingerprint density at radius 1 is 0.621 bits per heavy atom. The Morgan fingerprint density at radius 2 is 1.02 bits per heavy atom. The predicted molar refractivity (Wildman–Crippen MR) is 260 cm³/mol. The van der Waals surface area contributed by atoms with Crippen LogP contribution in [0.1, 0.15) is 58.3 Å². The Hall–Kier alpha value is -7.27. The Morgan fingerprint density at radius 3 is 1.38 bits per heavy atom. The van der Waals surface area contributed by atoms with Gasteiger partial charge in [-0.1, -0.05) is 63.4 Å². The Kier molecular flexibility index (Phi) is 22.4. The number of aromatic carboxylic acids is 1. The monoisotopic (exact) mass is 912 g/mol. The Labute approximate surface area is 393 Å². The number of nitrogens with zero attached hydrogens (tertiary/aromatic N) is 8. The van der Waals surface area contributed by atoms with Gasteiger partial charge in [-0.2, -0.15) is 10.5 Å². The van der Waals surface area contributed by atoms with Crippen LogP contribution in [-0.2, 0) is 22.3 Å². The number of benzene rings is 4. The van der Waals surface area contributed by atoms with E-state index in [0.29, 0.717) is 18.4 Å². The van der Waals surface area contributed by atoms with Gasteiger partial charge >= 0.3 is 5.97 Å². The van der Waals surface area contributed by atoms with E-state index in [0.717, 1.165) is 97.9 Å². The van der Waals surface area contributed by atoms with Gasteiger partial charge in [0.2, 0.25) is 0 Å². The van der Waals surface area contributed by atoms with Crippen LogP contribution in [0.5, 0.6) is 0 Å². The van der Waals surface area contributed by atoms with Crippen molar-refractivity contribution in [2.45, 2.75) is 27.7 Å². The van der Waals surface area contributed by atoms with Crippen molar-refractivity contribution in [1.82, 2.24) is 25.3 Å². The Balaban J connectivity index is 0.000000312. The second kappa shape index (κ2) is 27.8. The number of ether oxygens (including phenoxy) is 2. The molecule has 2 aliphatic heterocycles. The van der Waals surface area contributed by atoms with E-state index in [1.807, 2.05) is 30.3 Å². The number of carboxylic acids is 1. The van der Waals surface area contributed by atoms with Gasteiger partial charge in [0, 0.05) is 79.5 Å². The molecule has 16 heteroatoms. The molecule has 66 heavy (non-hydrogen) atoms. The van der Waals surface area contributed by atoms with Gasteiger partial charge in [0.25, 0.3) is 5.91 Å². The number of carbonyl (C=O) groups excluding carboxylic acids is 1. The van der Waals surface area contributed by atoms with Crippen LogP contribution in [0.4, 0.5) is 11.4 Å². The fraction of sp³-hybridized carbons (Fsp3) is 0.280. The number of morpholine rings is 2. The van der Waals surface area contributed by atoms with Crippen molar-refractivity contribution in [3.63, 3.8) is 0 Å². The molecule has 344 valence electrons. The number of rotatable bonds is 11. The van der Waals surface area contributed by atoms with Crippen LogP contribution in [-0.4, -0.2) is 103 Å². The fourth-order valence-electron chi connectivity index (χ4n) is 6.75. The number of anilines is 2. The minimum atomic E-state index is -0.935. The van der Waals surface area contributed by atoms with Crippen molar-refractivity contribution in [1.29, 1.82) is 10.5 Å². The topological polar surface area (TPSA) is 216 Å². The quantitative estimate of drug-likeness (QED) is 0.109. The molecule has 8 rings (SSSR count). The molecule has 2 fully saturated rings. The number of hydrogen-bond acceptors (Lipinski definition) is 13. The third-order valence-electron chi connectivity index (χ3n) is 10.1. The molecular formula is C50H57ClN10O5. The van der Waals surface area contributed by atoms with Crippen molar-refractivity contribution in [3.05, 3.63) is 155 Å². The fourth-order valence-corrected chi connectivity index (χ4v) is 6.75. The lowest BCUT2D eigenvalue weighted by Gasteiger charge is -2.28. The summed E-state index contributed by atoms with van der Waals surface area (Å²) in [5.41, 5.74) is 13.5. The maximum absolute atomic E-state index is 11.9. The first-order valence-corrected chi connectivity index (χ1v) is 20.5. The van der Waals surface area contributed by atoms with Crippen molar-refractivity contribution in [3.8, 4) is 34.7 Å². The summed E-state index contributed by atoms with van der Waals surface area (Å²) in [4.78, 5) is 45.7. The zero-order valence-corrected chi connectivity index (χ0v) is 36.0. The van der Waals surface area contributed by atoms with E-state index in [2.05, 4.69) is 84.3 Å². The van der Waals surface area contributed by atoms with Crippen molar-refractivity contribution < 1.29 is 24.2 Å². The number of amides is 1. The third kappa shape index (κ3) is 15.8. The van der Waals surface area contributed by atoms with Gasteiger partial charge in [-0.3, -0.25) is 4.79 Å². The zero-order valence-electron chi connectivity index (χ0n) is 35.2. The molecule has 15 nitrogen and oxygen atoms in total. The number of carbonyl (C=O) groups is 2. The highest BCUT2D eigenvalue weighted by Crippen LogP contribution is 2.22. The van der Waals surface area contributed by atoms with Crippen molar-refractivity contribution >= 4 is 35.7 Å². The third-order valence-corrected chi connectivity index (χ3v) is 10.1. The van der Waals surface area contributed by atoms with E-state index in [9.17, 15) is 9.59 Å². The lowest BCUT2D eigenvalue weighted by atomic mass is 10.1. The summed E-state index contributed by atoms with van der Waals surface area (Å²) in [5, 5.41) is 27.6. The van der Waals surface area contributed by atoms with Gasteiger partial charge in [-0.15, -0.1) is 12.4 Å². The van der Waals surface area contributed by atoms with Crippen LogP contribution in [0.2, 0.25) is 0 Å². The predicted octanol–water partition coefficient (Wildman–Crippen LogP) is 7.26. The lowest BCUT2D eigenvalue weighted by Crippen LogP contribution is -2.36. The first kappa shape index (κ1) is 53.1. The average Bonchev–Trinajstić information content (AvgIpc) is 3.35. The molecule has 2 aromatic heterocycles. The molecule has 0 spiro atoms. The van der Waals surface area contributed by atoms with Gasteiger partial charge in [0.15, 0.2) is 0 Å². The van der Waals surface area contributed by atoms with E-state index < -0.39 is 5.97 Å². The van der Waals surface area contributed by atoms with E-state index >= 15 is 0 Å². The van der Waals surface area contributed by atoms with E-state index in [4.69, 9.17) is 30.1 Å². The molecule has 0 unspecified atom stereocenters. The van der Waals surface area contributed by atoms with Crippen molar-refractivity contribution in [2.24, 2.45) is 5.73 Å². The first-order chi connectivity index (χ1) is 30.8. The number of carboxylic acid groups (broad SMARTS) is 1. The van der Waals surface area contributed by atoms with Crippen LogP contribution in [0.15, 0.2) is 122 Å². The number of nitrogens with two attached hydrogens (primary N) is 1. The number of halogens is 1. The highest BCUT2D eigenvalue weighted by molar-refractivity contribution is 5.94. The summed E-state index contributed by atoms with van der Waals surface area (Å²) in [7, 11) is 0. The first-order valence-electron chi connectivity index (χ1n) is 20.5. The van der Waals surface area contributed by atoms with Gasteiger partial charge in [-0.25, -0.2) is 24.7 Å². The molecule has 6 aromatic rings. The smallest absolute Gasteiger partial charge is 0.335 e. The van der Waals surface area contributed by atoms with Gasteiger partial charge in [0.05, 0.1) is 62.1 Å². The number of aromatic nitrogens is 4. The highest BCUT2D eigenvalue weighted by atomic mass is 35.5.